The average Bonchev–Trinajstić information content (AvgIpc) is 3.09. The number of esters is 1. The molecule has 48 heavy (non-hydrogen) atoms. The van der Waals surface area contributed by atoms with Crippen molar-refractivity contribution in [3.63, 3.8) is 0 Å². The quantitative estimate of drug-likeness (QED) is 0.0366. The van der Waals surface area contributed by atoms with Crippen molar-refractivity contribution in [3.05, 3.63) is 12.2 Å². The Morgan fingerprint density at radius 2 is 0.583 bits per heavy atom. The number of rotatable bonds is 42. The van der Waals surface area contributed by atoms with Gasteiger partial charge in [-0.25, -0.2) is 0 Å². The number of carbonyl (C=O) groups excluding carboxylic acids is 1. The Labute approximate surface area is 304 Å². The molecule has 0 aromatic rings. The second-order valence-electron chi connectivity index (χ2n) is 15.4. The first-order valence-corrected chi connectivity index (χ1v) is 22.6. The van der Waals surface area contributed by atoms with Gasteiger partial charge >= 0.3 is 5.97 Å². The van der Waals surface area contributed by atoms with Gasteiger partial charge in [-0.3, -0.25) is 4.79 Å². The van der Waals surface area contributed by atoms with Gasteiger partial charge in [0.2, 0.25) is 0 Å². The minimum Gasteiger partial charge on any atom is -0.466 e. The van der Waals surface area contributed by atoms with Crippen molar-refractivity contribution >= 4 is 5.97 Å². The van der Waals surface area contributed by atoms with Crippen LogP contribution in [0.15, 0.2) is 12.2 Å². The molecule has 0 aliphatic heterocycles. The molecule has 0 bridgehead atoms. The van der Waals surface area contributed by atoms with Gasteiger partial charge in [0.1, 0.15) is 0 Å². The molecule has 0 aliphatic rings. The molecule has 0 amide bonds. The molecule has 0 rings (SSSR count). The van der Waals surface area contributed by atoms with Crippen LogP contribution in [0.25, 0.3) is 0 Å². The Morgan fingerprint density at radius 3 is 0.917 bits per heavy atom. The van der Waals surface area contributed by atoms with E-state index in [1.54, 1.807) is 0 Å². The van der Waals surface area contributed by atoms with Crippen molar-refractivity contribution in [2.45, 2.75) is 271 Å². The molecule has 0 aromatic carbocycles. The molecule has 2 nitrogen and oxygen atoms in total. The van der Waals surface area contributed by atoms with Gasteiger partial charge in [-0.2, -0.15) is 0 Å². The van der Waals surface area contributed by atoms with Crippen molar-refractivity contribution in [1.82, 2.24) is 0 Å². The summed E-state index contributed by atoms with van der Waals surface area (Å²) in [7, 11) is 0. The van der Waals surface area contributed by atoms with Crippen LogP contribution in [0, 0.1) is 0 Å². The number of hydrogen-bond donors (Lipinski definition) is 0. The fourth-order valence-corrected chi connectivity index (χ4v) is 7.02. The summed E-state index contributed by atoms with van der Waals surface area (Å²) in [6.45, 7) is 5.20. The summed E-state index contributed by atoms with van der Waals surface area (Å²) in [6.07, 6.45) is 59.0. The first-order chi connectivity index (χ1) is 23.8. The van der Waals surface area contributed by atoms with Gasteiger partial charge in [-0.05, 0) is 38.5 Å². The van der Waals surface area contributed by atoms with Crippen molar-refractivity contribution in [1.29, 1.82) is 0 Å². The van der Waals surface area contributed by atoms with Crippen molar-refractivity contribution in [2.75, 3.05) is 6.61 Å². The molecule has 0 N–H and O–H groups in total. The molecule has 0 saturated heterocycles. The molecule has 0 fully saturated rings. The van der Waals surface area contributed by atoms with Gasteiger partial charge in [0, 0.05) is 6.42 Å². The zero-order valence-corrected chi connectivity index (χ0v) is 33.5. The molecule has 2 heteroatoms. The SMILES string of the molecule is CCCCCC/C=C\CCCCCCCC(=O)OCCCCCCCCCCCCCCCCCCCCCCCCCCCCCC. The van der Waals surface area contributed by atoms with Crippen LogP contribution in [0.2, 0.25) is 0 Å². The Kier molecular flexibility index (Phi) is 43.5. The number of hydrogen-bond acceptors (Lipinski definition) is 2. The lowest BCUT2D eigenvalue weighted by Crippen LogP contribution is -2.05. The summed E-state index contributed by atoms with van der Waals surface area (Å²) >= 11 is 0. The average molecular weight is 675 g/mol. The highest BCUT2D eigenvalue weighted by Gasteiger charge is 2.03. The van der Waals surface area contributed by atoms with Crippen LogP contribution in [0.1, 0.15) is 271 Å². The third-order valence-electron chi connectivity index (χ3n) is 10.4. The van der Waals surface area contributed by atoms with Gasteiger partial charge in [0.05, 0.1) is 6.61 Å². The lowest BCUT2D eigenvalue weighted by molar-refractivity contribution is -0.143. The number of carbonyl (C=O) groups is 1. The highest BCUT2D eigenvalue weighted by molar-refractivity contribution is 5.69. The second kappa shape index (κ2) is 44.2. The predicted octanol–water partition coefficient (Wildman–Crippen LogP) is 16.7. The van der Waals surface area contributed by atoms with E-state index in [0.29, 0.717) is 13.0 Å². The van der Waals surface area contributed by atoms with Crippen LogP contribution < -0.4 is 0 Å². The van der Waals surface area contributed by atoms with Gasteiger partial charge in [-0.1, -0.05) is 238 Å². The number of allylic oxidation sites excluding steroid dienone is 2. The van der Waals surface area contributed by atoms with E-state index in [0.717, 1.165) is 19.3 Å². The molecule has 0 atom stereocenters. The summed E-state index contributed by atoms with van der Waals surface area (Å²) in [6, 6.07) is 0. The minimum atomic E-state index is 0.0195. The zero-order chi connectivity index (χ0) is 34.7. The summed E-state index contributed by atoms with van der Waals surface area (Å²) < 4.78 is 5.46. The molecular weight excluding hydrogens is 585 g/mol. The van der Waals surface area contributed by atoms with Crippen LogP contribution in [-0.2, 0) is 9.53 Å². The lowest BCUT2D eigenvalue weighted by atomic mass is 10.0. The first kappa shape index (κ1) is 47.2. The Hall–Kier alpha value is -0.790. The Bertz CT molecular complexity index is 611. The smallest absolute Gasteiger partial charge is 0.305 e. The first-order valence-electron chi connectivity index (χ1n) is 22.6. The maximum Gasteiger partial charge on any atom is 0.305 e. The molecule has 0 unspecified atom stereocenters. The van der Waals surface area contributed by atoms with Crippen LogP contribution in [0.5, 0.6) is 0 Å². The molecule has 286 valence electrons. The maximum absolute atomic E-state index is 12.0. The van der Waals surface area contributed by atoms with E-state index in [1.165, 1.54) is 231 Å². The Morgan fingerprint density at radius 1 is 0.333 bits per heavy atom. The summed E-state index contributed by atoms with van der Waals surface area (Å²) in [5.41, 5.74) is 0. The summed E-state index contributed by atoms with van der Waals surface area (Å²) in [4.78, 5) is 12.0. The highest BCUT2D eigenvalue weighted by atomic mass is 16.5. The highest BCUT2D eigenvalue weighted by Crippen LogP contribution is 2.16. The third-order valence-corrected chi connectivity index (χ3v) is 10.4. The maximum atomic E-state index is 12.0. The minimum absolute atomic E-state index is 0.0195. The molecule has 0 spiro atoms. The van der Waals surface area contributed by atoms with E-state index in [2.05, 4.69) is 26.0 Å². The van der Waals surface area contributed by atoms with E-state index in [1.807, 2.05) is 0 Å². The van der Waals surface area contributed by atoms with E-state index in [-0.39, 0.29) is 5.97 Å². The molecule has 0 saturated carbocycles. The predicted molar refractivity (Wildman–Crippen MR) is 216 cm³/mol. The fraction of sp³-hybridized carbons (Fsp3) is 0.935. The van der Waals surface area contributed by atoms with E-state index in [4.69, 9.17) is 4.74 Å². The van der Waals surface area contributed by atoms with Crippen LogP contribution >= 0.6 is 0 Å². The lowest BCUT2D eigenvalue weighted by Gasteiger charge is -2.06. The molecular formula is C46H90O2. The Balaban J connectivity index is 3.14. The number of unbranched alkanes of at least 4 members (excludes halogenated alkanes) is 36. The van der Waals surface area contributed by atoms with E-state index >= 15 is 0 Å². The molecule has 0 aromatic heterocycles. The van der Waals surface area contributed by atoms with Gasteiger partial charge in [0.15, 0.2) is 0 Å². The standard InChI is InChI=1S/C46H90O2/c1-3-5-7-9-11-13-15-17-18-19-20-21-22-23-24-25-26-27-28-29-30-31-33-35-37-39-41-43-45-48-46(47)44-42-40-38-36-34-32-16-14-12-10-8-6-4-2/h14,16H,3-13,15,17-45H2,1-2H3/b16-14-. The largest absolute Gasteiger partial charge is 0.466 e. The molecule has 0 radical (unpaired) electrons. The van der Waals surface area contributed by atoms with Crippen LogP contribution in [-0.4, -0.2) is 12.6 Å². The van der Waals surface area contributed by atoms with Crippen molar-refractivity contribution in [3.8, 4) is 0 Å². The topological polar surface area (TPSA) is 26.3 Å². The summed E-state index contributed by atoms with van der Waals surface area (Å²) in [5, 5.41) is 0. The second-order valence-corrected chi connectivity index (χ2v) is 15.4. The van der Waals surface area contributed by atoms with Crippen LogP contribution in [0.4, 0.5) is 0 Å². The van der Waals surface area contributed by atoms with Crippen molar-refractivity contribution in [2.24, 2.45) is 0 Å². The van der Waals surface area contributed by atoms with Crippen molar-refractivity contribution < 1.29 is 9.53 Å². The van der Waals surface area contributed by atoms with E-state index < -0.39 is 0 Å². The molecule has 0 aliphatic carbocycles. The molecule has 0 heterocycles. The van der Waals surface area contributed by atoms with Crippen LogP contribution in [0.3, 0.4) is 0 Å². The van der Waals surface area contributed by atoms with Gasteiger partial charge in [0.25, 0.3) is 0 Å². The number of ether oxygens (including phenoxy) is 1. The third kappa shape index (κ3) is 43.2. The zero-order valence-electron chi connectivity index (χ0n) is 33.5. The monoisotopic (exact) mass is 675 g/mol. The fourth-order valence-electron chi connectivity index (χ4n) is 7.02. The summed E-state index contributed by atoms with van der Waals surface area (Å²) in [5.74, 6) is 0.0195. The normalized spacial score (nSPS) is 11.6. The van der Waals surface area contributed by atoms with Gasteiger partial charge < -0.3 is 4.74 Å². The van der Waals surface area contributed by atoms with E-state index in [9.17, 15) is 4.79 Å². The van der Waals surface area contributed by atoms with Gasteiger partial charge in [-0.15, -0.1) is 0 Å².